The van der Waals surface area contributed by atoms with Gasteiger partial charge < -0.3 is 9.47 Å². The number of hydrogen-bond donors (Lipinski definition) is 0. The Bertz CT molecular complexity index is 273. The Morgan fingerprint density at radius 3 is 2.53 bits per heavy atom. The van der Waals surface area contributed by atoms with Gasteiger partial charge in [0.1, 0.15) is 0 Å². The van der Waals surface area contributed by atoms with E-state index in [1.165, 1.54) is 14.2 Å². The first-order chi connectivity index (χ1) is 7.15. The predicted octanol–water partition coefficient (Wildman–Crippen LogP) is 0.974. The third kappa shape index (κ3) is 5.93. The molecule has 0 aromatic carbocycles. The van der Waals surface area contributed by atoms with Crippen molar-refractivity contribution in [1.82, 2.24) is 0 Å². The largest absolute Gasteiger partial charge is 0.469 e. The van der Waals surface area contributed by atoms with Gasteiger partial charge in [-0.3, -0.25) is 4.79 Å². The summed E-state index contributed by atoms with van der Waals surface area (Å²) in [5.74, 6) is -0.790. The summed E-state index contributed by atoms with van der Waals surface area (Å²) < 4.78 is 8.97. The first-order valence-electron chi connectivity index (χ1n) is 4.37. The quantitative estimate of drug-likeness (QED) is 0.387. The molecule has 0 rings (SSSR count). The number of hydrogen-bond acceptors (Lipinski definition) is 6. The SMILES string of the molecule is COC(=O)CCCC(N=C=S)C(=O)OC. The van der Waals surface area contributed by atoms with Gasteiger partial charge in [0.25, 0.3) is 0 Å². The van der Waals surface area contributed by atoms with E-state index in [-0.39, 0.29) is 12.4 Å². The van der Waals surface area contributed by atoms with E-state index >= 15 is 0 Å². The number of carbonyl (C=O) groups excluding carboxylic acids is 2. The number of nitrogens with zero attached hydrogens (tertiary/aromatic N) is 1. The van der Waals surface area contributed by atoms with Crippen LogP contribution in [0, 0.1) is 0 Å². The Morgan fingerprint density at radius 1 is 1.40 bits per heavy atom. The molecule has 0 heterocycles. The minimum atomic E-state index is -0.669. The number of esters is 2. The summed E-state index contributed by atoms with van der Waals surface area (Å²) in [6, 6.07) is -0.669. The monoisotopic (exact) mass is 231 g/mol. The number of aliphatic imine (C=N–C) groups is 1. The standard InChI is InChI=1S/C9H13NO4S/c1-13-8(11)5-3-4-7(10-6-15)9(12)14-2/h7H,3-5H2,1-2H3. The van der Waals surface area contributed by atoms with E-state index in [2.05, 4.69) is 31.8 Å². The van der Waals surface area contributed by atoms with Gasteiger partial charge in [-0.2, -0.15) is 0 Å². The minimum Gasteiger partial charge on any atom is -0.469 e. The third-order valence-corrected chi connectivity index (χ3v) is 1.87. The second-order valence-corrected chi connectivity index (χ2v) is 2.91. The van der Waals surface area contributed by atoms with Gasteiger partial charge in [0, 0.05) is 6.42 Å². The van der Waals surface area contributed by atoms with Crippen LogP contribution in [0.15, 0.2) is 4.99 Å². The highest BCUT2D eigenvalue weighted by Crippen LogP contribution is 2.06. The summed E-state index contributed by atoms with van der Waals surface area (Å²) >= 11 is 4.40. The fourth-order valence-corrected chi connectivity index (χ4v) is 1.10. The van der Waals surface area contributed by atoms with Crippen molar-refractivity contribution in [2.45, 2.75) is 25.3 Å². The van der Waals surface area contributed by atoms with Gasteiger partial charge in [0.15, 0.2) is 6.04 Å². The summed E-state index contributed by atoms with van der Waals surface area (Å²) in [5, 5.41) is 2.13. The Kier molecular flexibility index (Phi) is 7.40. The molecule has 0 amide bonds. The van der Waals surface area contributed by atoms with Gasteiger partial charge >= 0.3 is 11.9 Å². The number of methoxy groups -OCH3 is 2. The Morgan fingerprint density at radius 2 is 2.07 bits per heavy atom. The third-order valence-electron chi connectivity index (χ3n) is 1.77. The molecule has 6 heteroatoms. The molecular formula is C9H13NO4S. The molecule has 0 aliphatic rings. The van der Waals surface area contributed by atoms with E-state index in [0.717, 1.165) is 0 Å². The molecule has 0 spiro atoms. The average molecular weight is 231 g/mol. The molecule has 0 radical (unpaired) electrons. The topological polar surface area (TPSA) is 65.0 Å². The normalized spacial score (nSPS) is 11.1. The molecule has 1 unspecified atom stereocenters. The van der Waals surface area contributed by atoms with Gasteiger partial charge in [0.05, 0.1) is 19.4 Å². The van der Waals surface area contributed by atoms with Crippen LogP contribution < -0.4 is 0 Å². The van der Waals surface area contributed by atoms with Gasteiger partial charge in [-0.25, -0.2) is 9.79 Å². The highest BCUT2D eigenvalue weighted by molar-refractivity contribution is 7.78. The van der Waals surface area contributed by atoms with Crippen LogP contribution in [0.5, 0.6) is 0 Å². The van der Waals surface area contributed by atoms with Crippen LogP contribution in [0.25, 0.3) is 0 Å². The highest BCUT2D eigenvalue weighted by atomic mass is 32.1. The van der Waals surface area contributed by atoms with Crippen molar-refractivity contribution in [3.05, 3.63) is 0 Å². The highest BCUT2D eigenvalue weighted by Gasteiger charge is 2.17. The summed E-state index contributed by atoms with van der Waals surface area (Å²) in [6.07, 6.45) is 1.13. The molecule has 0 saturated carbocycles. The van der Waals surface area contributed by atoms with Gasteiger partial charge in [-0.15, -0.1) is 0 Å². The smallest absolute Gasteiger partial charge is 0.331 e. The van der Waals surface area contributed by atoms with Crippen LogP contribution in [0.2, 0.25) is 0 Å². The molecule has 0 aliphatic heterocycles. The van der Waals surface area contributed by atoms with Gasteiger partial charge in [-0.05, 0) is 25.1 Å². The van der Waals surface area contributed by atoms with Crippen molar-refractivity contribution in [2.75, 3.05) is 14.2 Å². The second-order valence-electron chi connectivity index (χ2n) is 2.73. The van der Waals surface area contributed by atoms with E-state index in [4.69, 9.17) is 0 Å². The van der Waals surface area contributed by atoms with Crippen molar-refractivity contribution in [2.24, 2.45) is 4.99 Å². The van der Waals surface area contributed by atoms with Gasteiger partial charge in [0.2, 0.25) is 0 Å². The average Bonchev–Trinajstić information content (AvgIpc) is 2.26. The van der Waals surface area contributed by atoms with Crippen molar-refractivity contribution in [3.63, 3.8) is 0 Å². The lowest BCUT2D eigenvalue weighted by Gasteiger charge is -2.07. The summed E-state index contributed by atoms with van der Waals surface area (Å²) in [5.41, 5.74) is 0. The molecule has 0 aromatic rings. The zero-order chi connectivity index (χ0) is 11.7. The van der Waals surface area contributed by atoms with Crippen molar-refractivity contribution >= 4 is 29.3 Å². The molecule has 1 atom stereocenters. The maximum atomic E-state index is 11.1. The molecule has 0 N–H and O–H groups in total. The summed E-state index contributed by atoms with van der Waals surface area (Å²) in [6.45, 7) is 0. The Labute approximate surface area is 93.5 Å². The predicted molar refractivity (Wildman–Crippen MR) is 56.7 cm³/mol. The van der Waals surface area contributed by atoms with Crippen LogP contribution in [-0.4, -0.2) is 37.4 Å². The van der Waals surface area contributed by atoms with E-state index in [0.29, 0.717) is 12.8 Å². The van der Waals surface area contributed by atoms with E-state index < -0.39 is 12.0 Å². The lowest BCUT2D eigenvalue weighted by Crippen LogP contribution is -2.20. The molecule has 15 heavy (non-hydrogen) atoms. The van der Waals surface area contributed by atoms with Crippen LogP contribution in [0.1, 0.15) is 19.3 Å². The molecule has 0 saturated heterocycles. The maximum absolute atomic E-state index is 11.1. The second kappa shape index (κ2) is 8.08. The van der Waals surface area contributed by atoms with E-state index in [1.54, 1.807) is 0 Å². The number of rotatable bonds is 6. The minimum absolute atomic E-state index is 0.247. The zero-order valence-electron chi connectivity index (χ0n) is 8.69. The van der Waals surface area contributed by atoms with Crippen molar-refractivity contribution in [1.29, 1.82) is 0 Å². The summed E-state index contributed by atoms with van der Waals surface area (Å²) in [7, 11) is 2.59. The number of isothiocyanates is 1. The molecule has 84 valence electrons. The number of thiocarbonyl (C=S) groups is 1. The fraction of sp³-hybridized carbons (Fsp3) is 0.667. The van der Waals surface area contributed by atoms with Crippen molar-refractivity contribution in [3.8, 4) is 0 Å². The van der Waals surface area contributed by atoms with Crippen LogP contribution in [-0.2, 0) is 19.1 Å². The maximum Gasteiger partial charge on any atom is 0.331 e. The Hall–Kier alpha value is -1.26. The number of ether oxygens (including phenoxy) is 2. The molecule has 0 fully saturated rings. The van der Waals surface area contributed by atoms with Crippen LogP contribution in [0.3, 0.4) is 0 Å². The van der Waals surface area contributed by atoms with Crippen LogP contribution >= 0.6 is 12.2 Å². The van der Waals surface area contributed by atoms with Gasteiger partial charge in [-0.1, -0.05) is 0 Å². The lowest BCUT2D eigenvalue weighted by atomic mass is 10.1. The molecular weight excluding hydrogens is 218 g/mol. The molecule has 5 nitrogen and oxygen atoms in total. The zero-order valence-corrected chi connectivity index (χ0v) is 9.50. The lowest BCUT2D eigenvalue weighted by molar-refractivity contribution is -0.143. The fourth-order valence-electron chi connectivity index (χ4n) is 0.977. The Balaban J connectivity index is 4.02. The van der Waals surface area contributed by atoms with E-state index in [1.807, 2.05) is 0 Å². The van der Waals surface area contributed by atoms with Crippen molar-refractivity contribution < 1.29 is 19.1 Å². The first-order valence-corrected chi connectivity index (χ1v) is 4.78. The molecule has 0 aromatic heterocycles. The molecule has 0 bridgehead atoms. The number of carbonyl (C=O) groups is 2. The first kappa shape index (κ1) is 13.7. The van der Waals surface area contributed by atoms with Crippen LogP contribution in [0.4, 0.5) is 0 Å². The molecule has 0 aliphatic carbocycles. The van der Waals surface area contributed by atoms with E-state index in [9.17, 15) is 9.59 Å². The summed E-state index contributed by atoms with van der Waals surface area (Å²) in [4.78, 5) is 25.6.